The third-order valence-electron chi connectivity index (χ3n) is 3.87. The summed E-state index contributed by atoms with van der Waals surface area (Å²) in [5, 5.41) is 0. The standard InChI is InChI=1S/C15H20N.C7H8O3S/c1-4-7-8-9-14-10-12-15(13-11-14)16(5-2)6-3;1-6-2-4-7(5-3-6)11(8,9)10/h4,7-13H,1,5-6H2,2-3H3;2-5H,1H3,(H,8,9,10)/q+1;/p-1. The van der Waals surface area contributed by atoms with Crippen LogP contribution in [0.2, 0.25) is 0 Å². The van der Waals surface area contributed by atoms with E-state index in [2.05, 4.69) is 55.4 Å². The number of allylic oxidation sites excluding steroid dienone is 9. The fraction of sp³-hybridized carbons (Fsp3) is 0.227. The maximum absolute atomic E-state index is 10.4. The Hall–Kier alpha value is -2.50. The molecule has 0 radical (unpaired) electrons. The Labute approximate surface area is 163 Å². The van der Waals surface area contributed by atoms with Crippen LogP contribution in [0.1, 0.15) is 19.4 Å². The molecule has 0 fully saturated rings. The molecule has 0 N–H and O–H groups in total. The molecule has 27 heavy (non-hydrogen) atoms. The summed E-state index contributed by atoms with van der Waals surface area (Å²) in [5.41, 5.74) is 3.43. The lowest BCUT2D eigenvalue weighted by Gasteiger charge is -2.05. The van der Waals surface area contributed by atoms with Gasteiger partial charge in [0, 0.05) is 12.2 Å². The van der Waals surface area contributed by atoms with Gasteiger partial charge >= 0.3 is 0 Å². The maximum atomic E-state index is 10.4. The molecule has 144 valence electrons. The van der Waals surface area contributed by atoms with E-state index in [0.717, 1.165) is 18.7 Å². The first kappa shape index (κ1) is 22.5. The highest BCUT2D eigenvalue weighted by Crippen LogP contribution is 2.08. The monoisotopic (exact) mass is 385 g/mol. The van der Waals surface area contributed by atoms with Crippen molar-refractivity contribution in [1.29, 1.82) is 0 Å². The van der Waals surface area contributed by atoms with Gasteiger partial charge in [0.25, 0.3) is 0 Å². The van der Waals surface area contributed by atoms with Crippen molar-refractivity contribution in [2.24, 2.45) is 0 Å². The van der Waals surface area contributed by atoms with Gasteiger partial charge in [0.2, 0.25) is 0 Å². The molecule has 5 heteroatoms. The molecule has 0 atom stereocenters. The highest BCUT2D eigenvalue weighted by Gasteiger charge is 2.07. The number of benzene rings is 1. The second kappa shape index (κ2) is 11.3. The first-order chi connectivity index (χ1) is 12.8. The number of hydrogen-bond donors (Lipinski definition) is 0. The predicted molar refractivity (Wildman–Crippen MR) is 111 cm³/mol. The summed E-state index contributed by atoms with van der Waals surface area (Å²) in [6, 6.07) is 5.78. The Morgan fingerprint density at radius 3 is 2.00 bits per heavy atom. The first-order valence-corrected chi connectivity index (χ1v) is 10.2. The van der Waals surface area contributed by atoms with Crippen LogP contribution in [0.3, 0.4) is 0 Å². The van der Waals surface area contributed by atoms with E-state index in [9.17, 15) is 13.0 Å². The van der Waals surface area contributed by atoms with Gasteiger partial charge in [-0.15, -0.1) is 0 Å². The van der Waals surface area contributed by atoms with E-state index in [1.165, 1.54) is 23.4 Å². The fourth-order valence-electron chi connectivity index (χ4n) is 2.34. The largest absolute Gasteiger partial charge is 0.744 e. The van der Waals surface area contributed by atoms with Crippen LogP contribution in [0.5, 0.6) is 0 Å². The Bertz CT molecular complexity index is 860. The van der Waals surface area contributed by atoms with Gasteiger partial charge in [0.05, 0.1) is 4.90 Å². The molecule has 0 saturated heterocycles. The number of hydrogen-bond acceptors (Lipinski definition) is 3. The number of aryl methyl sites for hydroxylation is 1. The topological polar surface area (TPSA) is 60.2 Å². The Kier molecular flexibility index (Phi) is 9.40. The van der Waals surface area contributed by atoms with Gasteiger partial charge in [0.1, 0.15) is 23.2 Å². The fourth-order valence-corrected chi connectivity index (χ4v) is 2.80. The zero-order chi connectivity index (χ0) is 20.3. The minimum Gasteiger partial charge on any atom is -0.744 e. The maximum Gasteiger partial charge on any atom is 0.199 e. The summed E-state index contributed by atoms with van der Waals surface area (Å²) < 4.78 is 33.5. The molecule has 1 aliphatic rings. The van der Waals surface area contributed by atoms with Gasteiger partial charge in [-0.3, -0.25) is 0 Å². The molecular formula is C22H27NO3S. The smallest absolute Gasteiger partial charge is 0.199 e. The molecule has 1 aliphatic carbocycles. The SMILES string of the molecule is C=CC=CC=C1C=CC(=[N+](CC)CC)C=C1.Cc1ccc(S(=O)(=O)[O-])cc1. The van der Waals surface area contributed by atoms with Crippen LogP contribution in [0.15, 0.2) is 89.9 Å². The van der Waals surface area contributed by atoms with Crippen LogP contribution in [-0.2, 0) is 10.1 Å². The van der Waals surface area contributed by atoms with Crippen molar-refractivity contribution >= 4 is 15.8 Å². The van der Waals surface area contributed by atoms with Gasteiger partial charge in [-0.05, 0) is 50.6 Å². The van der Waals surface area contributed by atoms with E-state index in [4.69, 9.17) is 0 Å². The number of rotatable bonds is 5. The molecule has 0 bridgehead atoms. The van der Waals surface area contributed by atoms with Crippen molar-refractivity contribution in [3.8, 4) is 0 Å². The van der Waals surface area contributed by atoms with Crippen LogP contribution < -0.4 is 0 Å². The Morgan fingerprint density at radius 2 is 1.56 bits per heavy atom. The second-order valence-electron chi connectivity index (χ2n) is 5.82. The zero-order valence-electron chi connectivity index (χ0n) is 16.1. The molecule has 0 aliphatic heterocycles. The minimum atomic E-state index is -4.27. The van der Waals surface area contributed by atoms with Crippen molar-refractivity contribution in [1.82, 2.24) is 0 Å². The van der Waals surface area contributed by atoms with Crippen molar-refractivity contribution < 1.29 is 17.5 Å². The average molecular weight is 386 g/mol. The number of nitrogens with zero attached hydrogens (tertiary/aromatic N) is 1. The van der Waals surface area contributed by atoms with Crippen molar-refractivity contribution in [2.75, 3.05) is 13.1 Å². The normalized spacial score (nSPS) is 13.3. The third kappa shape index (κ3) is 8.15. The average Bonchev–Trinajstić information content (AvgIpc) is 2.64. The van der Waals surface area contributed by atoms with E-state index < -0.39 is 10.1 Å². The molecule has 2 rings (SSSR count). The molecule has 0 aromatic heterocycles. The molecule has 0 spiro atoms. The van der Waals surface area contributed by atoms with E-state index in [-0.39, 0.29) is 4.90 Å². The lowest BCUT2D eigenvalue weighted by molar-refractivity contribution is -0.519. The van der Waals surface area contributed by atoms with E-state index in [1.54, 1.807) is 18.2 Å². The first-order valence-electron chi connectivity index (χ1n) is 8.81. The highest BCUT2D eigenvalue weighted by molar-refractivity contribution is 7.85. The van der Waals surface area contributed by atoms with Gasteiger partial charge in [-0.1, -0.05) is 48.6 Å². The van der Waals surface area contributed by atoms with Crippen LogP contribution >= 0.6 is 0 Å². The van der Waals surface area contributed by atoms with E-state index in [0.29, 0.717) is 0 Å². The van der Waals surface area contributed by atoms with Gasteiger partial charge in [-0.2, -0.15) is 0 Å². The van der Waals surface area contributed by atoms with Crippen LogP contribution in [-0.4, -0.2) is 36.3 Å². The molecule has 1 aromatic rings. The molecule has 4 nitrogen and oxygen atoms in total. The molecule has 1 aromatic carbocycles. The minimum absolute atomic E-state index is 0.178. The summed E-state index contributed by atoms with van der Waals surface area (Å²) in [7, 11) is -4.27. The lowest BCUT2D eigenvalue weighted by atomic mass is 10.1. The van der Waals surface area contributed by atoms with Gasteiger partial charge in [-0.25, -0.2) is 13.0 Å². The van der Waals surface area contributed by atoms with Crippen molar-refractivity contribution in [3.63, 3.8) is 0 Å². The van der Waals surface area contributed by atoms with Crippen molar-refractivity contribution in [2.45, 2.75) is 25.7 Å². The summed E-state index contributed by atoms with van der Waals surface area (Å²) in [6.45, 7) is 11.9. The van der Waals surface area contributed by atoms with Crippen LogP contribution in [0, 0.1) is 6.92 Å². The van der Waals surface area contributed by atoms with Crippen LogP contribution in [0.4, 0.5) is 0 Å². The van der Waals surface area contributed by atoms with Crippen LogP contribution in [0.25, 0.3) is 0 Å². The summed E-state index contributed by atoms with van der Waals surface area (Å²) >= 11 is 0. The highest BCUT2D eigenvalue weighted by atomic mass is 32.2. The molecule has 0 amide bonds. The van der Waals surface area contributed by atoms with E-state index in [1.807, 2.05) is 19.1 Å². The predicted octanol–water partition coefficient (Wildman–Crippen LogP) is 4.17. The van der Waals surface area contributed by atoms with Crippen molar-refractivity contribution in [3.05, 3.63) is 90.6 Å². The summed E-state index contributed by atoms with van der Waals surface area (Å²) in [4.78, 5) is -0.178. The van der Waals surface area contributed by atoms with Gasteiger partial charge in [0.15, 0.2) is 5.71 Å². The van der Waals surface area contributed by atoms with Gasteiger partial charge < -0.3 is 4.55 Å². The Morgan fingerprint density at radius 1 is 1.00 bits per heavy atom. The second-order valence-corrected chi connectivity index (χ2v) is 7.20. The Balaban J connectivity index is 0.000000289. The molecule has 0 heterocycles. The lowest BCUT2D eigenvalue weighted by Crippen LogP contribution is -2.18. The van der Waals surface area contributed by atoms with E-state index >= 15 is 0 Å². The quantitative estimate of drug-likeness (QED) is 0.434. The summed E-state index contributed by atoms with van der Waals surface area (Å²) in [5.74, 6) is 0. The molecule has 0 unspecified atom stereocenters. The zero-order valence-corrected chi connectivity index (χ0v) is 16.9. The molecule has 0 saturated carbocycles. The third-order valence-corrected chi connectivity index (χ3v) is 4.72. The molecular weight excluding hydrogens is 358 g/mol. The summed E-state index contributed by atoms with van der Waals surface area (Å²) in [6.07, 6.45) is 16.4.